The number of aromatic nitrogens is 2. The zero-order chi connectivity index (χ0) is 29.0. The number of hydrogen-bond acceptors (Lipinski definition) is 7. The fraction of sp³-hybridized carbons (Fsp3) is 0.469. The van der Waals surface area contributed by atoms with E-state index in [9.17, 15) is 9.18 Å². The van der Waals surface area contributed by atoms with Gasteiger partial charge in [-0.05, 0) is 93.4 Å². The molecule has 2 aromatic carbocycles. The first-order valence-electron chi connectivity index (χ1n) is 14.6. The lowest BCUT2D eigenvalue weighted by molar-refractivity contribution is 0.0382. The van der Waals surface area contributed by atoms with Gasteiger partial charge >= 0.3 is 5.97 Å². The monoisotopic (exact) mass is 628 g/mol. The fourth-order valence-corrected chi connectivity index (χ4v) is 8.63. The van der Waals surface area contributed by atoms with E-state index in [4.69, 9.17) is 37.2 Å². The van der Waals surface area contributed by atoms with Crippen molar-refractivity contribution in [2.24, 2.45) is 17.8 Å². The molecule has 0 bridgehead atoms. The maximum absolute atomic E-state index is 14.6. The summed E-state index contributed by atoms with van der Waals surface area (Å²) in [5, 5.41) is 6.42. The largest absolute Gasteiger partial charge is 0.465 e. The van der Waals surface area contributed by atoms with Crippen molar-refractivity contribution in [1.29, 1.82) is 0 Å². The van der Waals surface area contributed by atoms with Crippen molar-refractivity contribution < 1.29 is 23.2 Å². The predicted octanol–water partition coefficient (Wildman–Crippen LogP) is 9.02. The van der Waals surface area contributed by atoms with Gasteiger partial charge in [-0.15, -0.1) is 11.3 Å². The first-order valence-corrected chi connectivity index (χ1v) is 16.2. The minimum atomic E-state index is -0.541. The fourth-order valence-electron chi connectivity index (χ4n) is 7.01. The molecule has 3 fully saturated rings. The number of nitrogens with zero attached hydrogens (tertiary/aromatic N) is 2. The van der Waals surface area contributed by atoms with Crippen LogP contribution in [-0.4, -0.2) is 29.3 Å². The molecular formula is C32H31Cl2FN2O4S. The van der Waals surface area contributed by atoms with Crippen molar-refractivity contribution in [2.75, 3.05) is 7.11 Å². The van der Waals surface area contributed by atoms with Crippen LogP contribution < -0.4 is 0 Å². The van der Waals surface area contributed by atoms with Gasteiger partial charge in [-0.1, -0.05) is 34.4 Å². The Balaban J connectivity index is 0.956. The van der Waals surface area contributed by atoms with E-state index < -0.39 is 11.8 Å². The van der Waals surface area contributed by atoms with E-state index in [-0.39, 0.29) is 11.7 Å². The second kappa shape index (κ2) is 11.5. The minimum absolute atomic E-state index is 0.216. The van der Waals surface area contributed by atoms with Crippen LogP contribution in [0.2, 0.25) is 10.0 Å². The normalized spacial score (nSPS) is 23.5. The molecule has 220 valence electrons. The van der Waals surface area contributed by atoms with Gasteiger partial charge in [0.2, 0.25) is 0 Å². The van der Waals surface area contributed by atoms with Crippen molar-refractivity contribution in [3.8, 4) is 11.3 Å². The number of benzene rings is 2. The van der Waals surface area contributed by atoms with E-state index in [1.165, 1.54) is 37.4 Å². The minimum Gasteiger partial charge on any atom is -0.465 e. The summed E-state index contributed by atoms with van der Waals surface area (Å²) < 4.78 is 32.3. The molecule has 0 spiro atoms. The number of fused-ring (bicyclic) bond motifs is 2. The lowest BCUT2D eigenvalue weighted by Gasteiger charge is -2.16. The van der Waals surface area contributed by atoms with Crippen LogP contribution in [0.1, 0.15) is 77.6 Å². The summed E-state index contributed by atoms with van der Waals surface area (Å²) in [6.07, 6.45) is 8.80. The highest BCUT2D eigenvalue weighted by Gasteiger charge is 2.42. The van der Waals surface area contributed by atoms with Gasteiger partial charge < -0.3 is 14.0 Å². The van der Waals surface area contributed by atoms with Crippen molar-refractivity contribution in [1.82, 2.24) is 10.1 Å². The first kappa shape index (κ1) is 28.3. The number of esters is 1. The van der Waals surface area contributed by atoms with E-state index in [0.717, 1.165) is 54.9 Å². The second-order valence-electron chi connectivity index (χ2n) is 11.9. The lowest BCUT2D eigenvalue weighted by Crippen LogP contribution is -2.12. The zero-order valence-electron chi connectivity index (χ0n) is 23.2. The van der Waals surface area contributed by atoms with Gasteiger partial charge in [0.1, 0.15) is 17.0 Å². The van der Waals surface area contributed by atoms with Gasteiger partial charge in [0.25, 0.3) is 0 Å². The van der Waals surface area contributed by atoms with Crippen molar-refractivity contribution in [3.05, 3.63) is 68.1 Å². The lowest BCUT2D eigenvalue weighted by atomic mass is 9.97. The number of hydrogen-bond donors (Lipinski definition) is 0. The smallest absolute Gasteiger partial charge is 0.338 e. The third-order valence-corrected chi connectivity index (χ3v) is 10.9. The number of carbonyl (C=O) groups is 1. The highest BCUT2D eigenvalue weighted by Crippen LogP contribution is 2.50. The van der Waals surface area contributed by atoms with E-state index in [2.05, 4.69) is 10.1 Å². The van der Waals surface area contributed by atoms with E-state index in [1.807, 2.05) is 18.2 Å². The van der Waals surface area contributed by atoms with Crippen molar-refractivity contribution >= 4 is 50.7 Å². The first-order chi connectivity index (χ1) is 20.4. The third kappa shape index (κ3) is 5.47. The van der Waals surface area contributed by atoms with E-state index >= 15 is 0 Å². The van der Waals surface area contributed by atoms with Gasteiger partial charge in [-0.25, -0.2) is 14.2 Å². The van der Waals surface area contributed by atoms with Gasteiger partial charge in [0, 0.05) is 17.0 Å². The molecule has 7 rings (SSSR count). The van der Waals surface area contributed by atoms with Gasteiger partial charge in [0.05, 0.1) is 45.1 Å². The topological polar surface area (TPSA) is 74.5 Å². The predicted molar refractivity (Wildman–Crippen MR) is 161 cm³/mol. The van der Waals surface area contributed by atoms with Crippen LogP contribution in [0.25, 0.3) is 21.5 Å². The molecule has 2 heterocycles. The Morgan fingerprint density at radius 1 is 1.12 bits per heavy atom. The molecule has 0 amide bonds. The van der Waals surface area contributed by atoms with Gasteiger partial charge in [0.15, 0.2) is 5.82 Å². The van der Waals surface area contributed by atoms with Crippen LogP contribution in [0, 0.1) is 23.6 Å². The van der Waals surface area contributed by atoms with Crippen molar-refractivity contribution in [3.63, 3.8) is 0 Å². The number of rotatable bonds is 9. The quantitative estimate of drug-likeness (QED) is 0.172. The molecule has 0 N–H and O–H groups in total. The molecule has 10 heteroatoms. The average molecular weight is 630 g/mol. The number of aryl methyl sites for hydroxylation is 1. The second-order valence-corrected chi connectivity index (χ2v) is 13.9. The summed E-state index contributed by atoms with van der Waals surface area (Å²) in [6, 6.07) is 8.35. The Labute approximate surface area is 257 Å². The number of halogens is 3. The van der Waals surface area contributed by atoms with Crippen LogP contribution >= 0.6 is 34.5 Å². The molecule has 6 nitrogen and oxygen atoms in total. The molecular weight excluding hydrogens is 598 g/mol. The maximum Gasteiger partial charge on any atom is 0.338 e. The molecule has 0 radical (unpaired) electrons. The summed E-state index contributed by atoms with van der Waals surface area (Å²) in [7, 11) is 1.30. The summed E-state index contributed by atoms with van der Waals surface area (Å²) in [6.45, 7) is 0.450. The maximum atomic E-state index is 14.6. The summed E-state index contributed by atoms with van der Waals surface area (Å²) >= 11 is 14.5. The summed E-state index contributed by atoms with van der Waals surface area (Å²) in [5.74, 6) is 2.26. The number of ether oxygens (including phenoxy) is 2. The summed E-state index contributed by atoms with van der Waals surface area (Å²) in [4.78, 5) is 16.4. The molecule has 4 aromatic rings. The molecule has 2 aromatic heterocycles. The molecule has 4 atom stereocenters. The van der Waals surface area contributed by atoms with Crippen molar-refractivity contribution in [2.45, 2.75) is 70.0 Å². The van der Waals surface area contributed by atoms with Crippen LogP contribution in [0.3, 0.4) is 0 Å². The Bertz CT molecular complexity index is 1620. The highest BCUT2D eigenvalue weighted by molar-refractivity contribution is 7.18. The highest BCUT2D eigenvalue weighted by atomic mass is 35.5. The van der Waals surface area contributed by atoms with E-state index in [0.29, 0.717) is 61.8 Å². The SMILES string of the molecule is COC(=O)c1cc(F)c2nc(CCC3CC4C[C@H](OCc5c(-c6c(Cl)cccc6Cl)noc5C5CC5)C[C@H]4C3)sc2c1. The standard InChI is InChI=1S/C32H31Cl2FN2O4S/c1-39-32(38)20-13-25(35)30-26(14-20)42-27(36-30)8-5-16-9-18-11-21(12-19(18)10-16)40-15-22-29(37-41-31(22)17-6-7-17)28-23(33)3-2-4-24(28)34/h2-4,13-14,16-19,21H,5-12,15H2,1H3/t16?,18-,19?,21-/m1/s1. The Morgan fingerprint density at radius 3 is 2.55 bits per heavy atom. The van der Waals surface area contributed by atoms with Crippen LogP contribution in [0.4, 0.5) is 4.39 Å². The average Bonchev–Trinajstić information content (AvgIpc) is 3.26. The van der Waals surface area contributed by atoms with Gasteiger partial charge in [-0.3, -0.25) is 0 Å². The third-order valence-electron chi connectivity index (χ3n) is 9.18. The van der Waals surface area contributed by atoms with Crippen LogP contribution in [-0.2, 0) is 22.5 Å². The zero-order valence-corrected chi connectivity index (χ0v) is 25.5. The molecule has 3 aliphatic rings. The van der Waals surface area contributed by atoms with E-state index in [1.54, 1.807) is 6.07 Å². The Morgan fingerprint density at radius 2 is 1.86 bits per heavy atom. The Kier molecular flexibility index (Phi) is 7.76. The molecule has 3 saturated carbocycles. The van der Waals surface area contributed by atoms with Gasteiger partial charge in [-0.2, -0.15) is 0 Å². The number of thiazole rings is 1. The molecule has 2 unspecified atom stereocenters. The number of methoxy groups -OCH3 is 1. The molecule has 42 heavy (non-hydrogen) atoms. The molecule has 3 aliphatic carbocycles. The molecule has 0 saturated heterocycles. The Hall–Kier alpha value is -2.52. The van der Waals surface area contributed by atoms with Crippen LogP contribution in [0.15, 0.2) is 34.9 Å². The summed E-state index contributed by atoms with van der Waals surface area (Å²) in [5.41, 5.74) is 2.94. The number of carbonyl (C=O) groups excluding carboxylic acids is 1. The van der Waals surface area contributed by atoms with Crippen LogP contribution in [0.5, 0.6) is 0 Å². The molecule has 0 aliphatic heterocycles.